The Balaban J connectivity index is 1.48. The summed E-state index contributed by atoms with van der Waals surface area (Å²) in [5, 5.41) is 4.04. The topological polar surface area (TPSA) is 79.8 Å². The number of likely N-dealkylation sites (N-methyl/N-ethyl adjacent to an activating group) is 1. The lowest BCUT2D eigenvalue weighted by molar-refractivity contribution is 0.0957. The lowest BCUT2D eigenvalue weighted by Crippen LogP contribution is -2.44. The number of nitrogens with zero attached hydrogens (tertiary/aromatic N) is 4. The van der Waals surface area contributed by atoms with Crippen LogP contribution in [0.3, 0.4) is 0 Å². The molecule has 0 unspecified atom stereocenters. The van der Waals surface area contributed by atoms with Crippen molar-refractivity contribution < 1.29 is 14.3 Å². The van der Waals surface area contributed by atoms with Crippen molar-refractivity contribution in [1.29, 1.82) is 0 Å². The number of nitrogens with one attached hydrogen (secondary N) is 1. The Morgan fingerprint density at radius 2 is 1.94 bits per heavy atom. The van der Waals surface area contributed by atoms with E-state index in [0.717, 1.165) is 64.8 Å². The zero-order valence-electron chi connectivity index (χ0n) is 19.0. The molecule has 2 aromatic heterocycles. The monoisotopic (exact) mass is 455 g/mol. The van der Waals surface area contributed by atoms with E-state index in [1.807, 2.05) is 25.1 Å². The Bertz CT molecular complexity index is 1110. The van der Waals surface area contributed by atoms with Gasteiger partial charge >= 0.3 is 0 Å². The minimum absolute atomic E-state index is 0.0812. The molecule has 170 valence electrons. The average molecular weight is 456 g/mol. The number of anilines is 1. The minimum Gasteiger partial charge on any atom is -0.497 e. The maximum Gasteiger partial charge on any atom is 0.261 e. The van der Waals surface area contributed by atoms with Crippen LogP contribution in [-0.4, -0.2) is 74.8 Å². The third-order valence-electron chi connectivity index (χ3n) is 5.89. The number of amides is 1. The Kier molecular flexibility index (Phi) is 6.76. The van der Waals surface area contributed by atoms with E-state index in [1.165, 1.54) is 11.3 Å². The number of hydrogen-bond acceptors (Lipinski definition) is 8. The van der Waals surface area contributed by atoms with Gasteiger partial charge in [0, 0.05) is 38.8 Å². The van der Waals surface area contributed by atoms with Crippen molar-refractivity contribution in [3.63, 3.8) is 0 Å². The third-order valence-corrected chi connectivity index (χ3v) is 7.09. The van der Waals surface area contributed by atoms with Gasteiger partial charge in [0.05, 0.1) is 24.5 Å². The third kappa shape index (κ3) is 4.49. The summed E-state index contributed by atoms with van der Waals surface area (Å²) in [6, 6.07) is 5.71. The normalized spacial score (nSPS) is 14.6. The van der Waals surface area contributed by atoms with Crippen LogP contribution >= 0.6 is 11.3 Å². The number of fused-ring (bicyclic) bond motifs is 1. The van der Waals surface area contributed by atoms with Crippen LogP contribution in [0.15, 0.2) is 24.5 Å². The molecule has 3 aromatic rings. The van der Waals surface area contributed by atoms with E-state index < -0.39 is 0 Å². The van der Waals surface area contributed by atoms with E-state index >= 15 is 0 Å². The molecule has 4 rings (SSSR count). The van der Waals surface area contributed by atoms with Gasteiger partial charge in [-0.25, -0.2) is 9.97 Å². The number of carbonyl (C=O) groups is 1. The molecule has 3 heterocycles. The number of aromatic nitrogens is 2. The minimum atomic E-state index is -0.0812. The summed E-state index contributed by atoms with van der Waals surface area (Å²) in [7, 11) is 5.39. The predicted octanol–water partition coefficient (Wildman–Crippen LogP) is 2.74. The van der Waals surface area contributed by atoms with Crippen molar-refractivity contribution in [3.05, 3.63) is 40.5 Å². The molecular weight excluding hydrogens is 426 g/mol. The standard InChI is InChI=1S/C23H29N5O3S/c1-15-19-21(28-11-9-27(2)10-12-28)25-14-26-23(19)32-20(15)22(29)24-8-7-16-5-6-17(30-3)13-18(16)31-4/h5-6,13-14H,7-12H2,1-4H3,(H,24,29). The molecule has 9 heteroatoms. The number of carbonyl (C=O) groups excluding carboxylic acids is 1. The molecule has 1 aromatic carbocycles. The molecule has 1 saturated heterocycles. The highest BCUT2D eigenvalue weighted by atomic mass is 32.1. The van der Waals surface area contributed by atoms with Gasteiger partial charge in [-0.05, 0) is 37.6 Å². The van der Waals surface area contributed by atoms with Crippen LogP contribution < -0.4 is 19.7 Å². The van der Waals surface area contributed by atoms with Gasteiger partial charge in [-0.15, -0.1) is 11.3 Å². The molecule has 0 atom stereocenters. The highest BCUT2D eigenvalue weighted by Crippen LogP contribution is 2.35. The first kappa shape index (κ1) is 22.3. The molecule has 0 aliphatic carbocycles. The zero-order valence-corrected chi connectivity index (χ0v) is 19.8. The number of aryl methyl sites for hydroxylation is 1. The summed E-state index contributed by atoms with van der Waals surface area (Å²) < 4.78 is 10.7. The quantitative estimate of drug-likeness (QED) is 0.587. The SMILES string of the molecule is COc1ccc(CCNC(=O)c2sc3ncnc(N4CCN(C)CC4)c3c2C)c(OC)c1. The molecule has 1 aliphatic rings. The van der Waals surface area contributed by atoms with E-state index in [9.17, 15) is 4.79 Å². The van der Waals surface area contributed by atoms with Crippen molar-refractivity contribution >= 4 is 33.3 Å². The zero-order chi connectivity index (χ0) is 22.7. The summed E-state index contributed by atoms with van der Waals surface area (Å²) in [6.45, 7) is 6.33. The first-order chi connectivity index (χ1) is 15.5. The summed E-state index contributed by atoms with van der Waals surface area (Å²) >= 11 is 1.43. The van der Waals surface area contributed by atoms with Gasteiger partial charge in [0.2, 0.25) is 0 Å². The lowest BCUT2D eigenvalue weighted by atomic mass is 10.1. The van der Waals surface area contributed by atoms with E-state index in [4.69, 9.17) is 9.47 Å². The van der Waals surface area contributed by atoms with Crippen molar-refractivity contribution in [2.24, 2.45) is 0 Å². The predicted molar refractivity (Wildman–Crippen MR) is 127 cm³/mol. The number of hydrogen-bond donors (Lipinski definition) is 1. The molecular formula is C23H29N5O3S. The van der Waals surface area contributed by atoms with Crippen LogP contribution in [0.1, 0.15) is 20.8 Å². The smallest absolute Gasteiger partial charge is 0.261 e. The molecule has 32 heavy (non-hydrogen) atoms. The second kappa shape index (κ2) is 9.70. The van der Waals surface area contributed by atoms with Crippen molar-refractivity contribution in [2.75, 3.05) is 58.9 Å². The number of thiophene rings is 1. The second-order valence-electron chi connectivity index (χ2n) is 7.91. The van der Waals surface area contributed by atoms with Crippen LogP contribution in [0.5, 0.6) is 11.5 Å². The molecule has 8 nitrogen and oxygen atoms in total. The fourth-order valence-electron chi connectivity index (χ4n) is 3.98. The summed E-state index contributed by atoms with van der Waals surface area (Å²) in [5.74, 6) is 2.35. The van der Waals surface area contributed by atoms with Crippen molar-refractivity contribution in [2.45, 2.75) is 13.3 Å². The Morgan fingerprint density at radius 1 is 1.16 bits per heavy atom. The summed E-state index contributed by atoms with van der Waals surface area (Å²) in [4.78, 5) is 28.2. The highest BCUT2D eigenvalue weighted by molar-refractivity contribution is 7.20. The van der Waals surface area contributed by atoms with Crippen LogP contribution in [0.4, 0.5) is 5.82 Å². The number of ether oxygens (including phenoxy) is 2. The summed E-state index contributed by atoms with van der Waals surface area (Å²) in [6.07, 6.45) is 2.26. The van der Waals surface area contributed by atoms with Gasteiger partial charge in [0.15, 0.2) is 0 Å². The summed E-state index contributed by atoms with van der Waals surface area (Å²) in [5.41, 5.74) is 1.96. The number of rotatable bonds is 7. The highest BCUT2D eigenvalue weighted by Gasteiger charge is 2.23. The Labute approximate surface area is 192 Å². The molecule has 1 amide bonds. The van der Waals surface area contributed by atoms with Gasteiger partial charge in [-0.3, -0.25) is 4.79 Å². The molecule has 1 fully saturated rings. The van der Waals surface area contributed by atoms with Gasteiger partial charge < -0.3 is 24.6 Å². The molecule has 0 spiro atoms. The van der Waals surface area contributed by atoms with Crippen LogP contribution in [-0.2, 0) is 6.42 Å². The first-order valence-corrected chi connectivity index (χ1v) is 11.5. The van der Waals surface area contributed by atoms with Crippen molar-refractivity contribution in [1.82, 2.24) is 20.2 Å². The lowest BCUT2D eigenvalue weighted by Gasteiger charge is -2.33. The molecule has 0 bridgehead atoms. The van der Waals surface area contributed by atoms with Gasteiger partial charge in [-0.2, -0.15) is 0 Å². The van der Waals surface area contributed by atoms with Crippen LogP contribution in [0.25, 0.3) is 10.2 Å². The molecule has 0 radical (unpaired) electrons. The first-order valence-electron chi connectivity index (χ1n) is 10.7. The van der Waals surface area contributed by atoms with Crippen molar-refractivity contribution in [3.8, 4) is 11.5 Å². The Morgan fingerprint density at radius 3 is 2.66 bits per heavy atom. The second-order valence-corrected chi connectivity index (χ2v) is 8.91. The van der Waals surface area contributed by atoms with E-state index in [2.05, 4.69) is 32.1 Å². The number of benzene rings is 1. The van der Waals surface area contributed by atoms with Crippen LogP contribution in [0, 0.1) is 6.92 Å². The largest absolute Gasteiger partial charge is 0.497 e. The van der Waals surface area contributed by atoms with E-state index in [0.29, 0.717) is 17.8 Å². The number of methoxy groups -OCH3 is 2. The maximum atomic E-state index is 13.0. The van der Waals surface area contributed by atoms with E-state index in [1.54, 1.807) is 20.5 Å². The Hall–Kier alpha value is -2.91. The van der Waals surface area contributed by atoms with Gasteiger partial charge in [0.25, 0.3) is 5.91 Å². The molecule has 1 aliphatic heterocycles. The maximum absolute atomic E-state index is 13.0. The fourth-order valence-corrected chi connectivity index (χ4v) is 5.04. The fraction of sp³-hybridized carbons (Fsp3) is 0.435. The average Bonchev–Trinajstić information content (AvgIpc) is 3.16. The number of piperazine rings is 1. The van der Waals surface area contributed by atoms with Gasteiger partial charge in [0.1, 0.15) is 28.5 Å². The molecule has 0 saturated carbocycles. The van der Waals surface area contributed by atoms with E-state index in [-0.39, 0.29) is 5.91 Å². The van der Waals surface area contributed by atoms with Gasteiger partial charge in [-0.1, -0.05) is 6.07 Å². The van der Waals surface area contributed by atoms with Crippen LogP contribution in [0.2, 0.25) is 0 Å². The molecule has 1 N–H and O–H groups in total.